The summed E-state index contributed by atoms with van der Waals surface area (Å²) in [6.07, 6.45) is 0. The molecule has 2 aromatic carbocycles. The number of hydrogen-bond donors (Lipinski definition) is 3. The molecule has 2 rings (SSSR count). The van der Waals surface area contributed by atoms with E-state index >= 15 is 0 Å². The number of hydrogen-bond acceptors (Lipinski definition) is 3. The van der Waals surface area contributed by atoms with E-state index in [1.807, 2.05) is 6.92 Å². The highest BCUT2D eigenvalue weighted by molar-refractivity contribution is 6.07. The normalized spacial score (nSPS) is 9.95. The van der Waals surface area contributed by atoms with E-state index in [2.05, 4.69) is 10.6 Å². The summed E-state index contributed by atoms with van der Waals surface area (Å²) >= 11 is 0. The van der Waals surface area contributed by atoms with Crippen LogP contribution in [0.25, 0.3) is 0 Å². The largest absolute Gasteiger partial charge is 0.398 e. The highest BCUT2D eigenvalue weighted by Crippen LogP contribution is 2.15. The predicted octanol–water partition coefficient (Wildman–Crippen LogP) is 2.27. The number of rotatable bonds is 4. The van der Waals surface area contributed by atoms with Crippen molar-refractivity contribution in [2.75, 3.05) is 17.6 Å². The van der Waals surface area contributed by atoms with Gasteiger partial charge in [-0.1, -0.05) is 12.1 Å². The second kappa shape index (κ2) is 6.56. The van der Waals surface area contributed by atoms with Crippen LogP contribution in [0.4, 0.5) is 11.4 Å². The first-order valence-corrected chi connectivity index (χ1v) is 6.66. The van der Waals surface area contributed by atoms with Crippen molar-refractivity contribution < 1.29 is 9.59 Å². The standard InChI is InChI=1S/C16H17N3O2/c1-2-18-15(20)11-7-9-12(10-8-11)19-16(21)13-5-3-4-6-14(13)17/h3-10H,2,17H2,1H3,(H,18,20)(H,19,21). The monoisotopic (exact) mass is 283 g/mol. The summed E-state index contributed by atoms with van der Waals surface area (Å²) in [5.74, 6) is -0.415. The van der Waals surface area contributed by atoms with E-state index in [-0.39, 0.29) is 11.8 Å². The molecular formula is C16H17N3O2. The van der Waals surface area contributed by atoms with Crippen molar-refractivity contribution >= 4 is 23.2 Å². The van der Waals surface area contributed by atoms with Crippen LogP contribution in [0.15, 0.2) is 48.5 Å². The first-order valence-electron chi connectivity index (χ1n) is 6.66. The zero-order valence-corrected chi connectivity index (χ0v) is 11.7. The minimum atomic E-state index is -0.279. The van der Waals surface area contributed by atoms with E-state index in [0.717, 1.165) is 0 Å². The summed E-state index contributed by atoms with van der Waals surface area (Å²) < 4.78 is 0. The second-order valence-electron chi connectivity index (χ2n) is 4.48. The lowest BCUT2D eigenvalue weighted by Crippen LogP contribution is -2.22. The number of nitrogen functional groups attached to an aromatic ring is 1. The van der Waals surface area contributed by atoms with E-state index < -0.39 is 0 Å². The Morgan fingerprint density at radius 3 is 2.29 bits per heavy atom. The summed E-state index contributed by atoms with van der Waals surface area (Å²) in [5.41, 5.74) is 7.76. The van der Waals surface area contributed by atoms with Gasteiger partial charge in [0.2, 0.25) is 0 Å². The number of amides is 2. The highest BCUT2D eigenvalue weighted by Gasteiger charge is 2.09. The summed E-state index contributed by atoms with van der Waals surface area (Å²) in [6, 6.07) is 13.5. The lowest BCUT2D eigenvalue weighted by molar-refractivity contribution is 0.0955. The summed E-state index contributed by atoms with van der Waals surface area (Å²) in [4.78, 5) is 23.7. The molecule has 0 atom stereocenters. The Morgan fingerprint density at radius 2 is 1.67 bits per heavy atom. The van der Waals surface area contributed by atoms with Gasteiger partial charge in [-0.2, -0.15) is 0 Å². The van der Waals surface area contributed by atoms with Gasteiger partial charge in [-0.3, -0.25) is 9.59 Å². The lowest BCUT2D eigenvalue weighted by atomic mass is 10.1. The number of nitrogens with one attached hydrogen (secondary N) is 2. The molecular weight excluding hydrogens is 266 g/mol. The third-order valence-electron chi connectivity index (χ3n) is 2.95. The van der Waals surface area contributed by atoms with Crippen LogP contribution in [0.1, 0.15) is 27.6 Å². The van der Waals surface area contributed by atoms with Gasteiger partial charge < -0.3 is 16.4 Å². The number of nitrogens with two attached hydrogens (primary N) is 1. The fraction of sp³-hybridized carbons (Fsp3) is 0.125. The molecule has 0 heterocycles. The van der Waals surface area contributed by atoms with Crippen LogP contribution < -0.4 is 16.4 Å². The Balaban J connectivity index is 2.09. The molecule has 2 aromatic rings. The molecule has 0 unspecified atom stereocenters. The molecule has 0 fully saturated rings. The van der Waals surface area contributed by atoms with Crippen LogP contribution in [0.2, 0.25) is 0 Å². The molecule has 4 N–H and O–H groups in total. The average molecular weight is 283 g/mol. The topological polar surface area (TPSA) is 84.2 Å². The Morgan fingerprint density at radius 1 is 1.00 bits per heavy atom. The van der Waals surface area contributed by atoms with E-state index in [1.165, 1.54) is 0 Å². The maximum Gasteiger partial charge on any atom is 0.257 e. The van der Waals surface area contributed by atoms with E-state index in [9.17, 15) is 9.59 Å². The van der Waals surface area contributed by atoms with Crippen molar-refractivity contribution in [3.05, 3.63) is 59.7 Å². The lowest BCUT2D eigenvalue weighted by Gasteiger charge is -2.08. The molecule has 5 nitrogen and oxygen atoms in total. The summed E-state index contributed by atoms with van der Waals surface area (Å²) in [7, 11) is 0. The van der Waals surface area contributed by atoms with Gasteiger partial charge in [0.1, 0.15) is 0 Å². The number of carbonyl (C=O) groups is 2. The van der Waals surface area contributed by atoms with Crippen LogP contribution in [0, 0.1) is 0 Å². The maximum atomic E-state index is 12.1. The van der Waals surface area contributed by atoms with Gasteiger partial charge >= 0.3 is 0 Å². The van der Waals surface area contributed by atoms with Crippen LogP contribution in [-0.2, 0) is 0 Å². The van der Waals surface area contributed by atoms with Gasteiger partial charge in [0.25, 0.3) is 11.8 Å². The molecule has 108 valence electrons. The summed E-state index contributed by atoms with van der Waals surface area (Å²) in [6.45, 7) is 2.43. The smallest absolute Gasteiger partial charge is 0.257 e. The Kier molecular flexibility index (Phi) is 4.56. The molecule has 0 saturated carbocycles. The van der Waals surface area contributed by atoms with Crippen LogP contribution >= 0.6 is 0 Å². The van der Waals surface area contributed by atoms with Gasteiger partial charge in [0.15, 0.2) is 0 Å². The Labute approximate surface area is 123 Å². The van der Waals surface area contributed by atoms with Crippen LogP contribution in [0.3, 0.4) is 0 Å². The molecule has 21 heavy (non-hydrogen) atoms. The number of carbonyl (C=O) groups excluding carboxylic acids is 2. The van der Waals surface area contributed by atoms with Gasteiger partial charge in [0.05, 0.1) is 5.56 Å². The molecule has 0 aromatic heterocycles. The van der Waals surface area contributed by atoms with Crippen molar-refractivity contribution in [3.8, 4) is 0 Å². The van der Waals surface area contributed by atoms with Crippen molar-refractivity contribution in [1.82, 2.24) is 5.32 Å². The molecule has 0 aliphatic rings. The molecule has 0 aliphatic carbocycles. The van der Waals surface area contributed by atoms with Gasteiger partial charge in [0, 0.05) is 23.5 Å². The SMILES string of the molecule is CCNC(=O)c1ccc(NC(=O)c2ccccc2N)cc1. The van der Waals surface area contributed by atoms with E-state index in [0.29, 0.717) is 29.0 Å². The van der Waals surface area contributed by atoms with Crippen molar-refractivity contribution in [2.24, 2.45) is 0 Å². The Hall–Kier alpha value is -2.82. The third kappa shape index (κ3) is 3.60. The summed E-state index contributed by atoms with van der Waals surface area (Å²) in [5, 5.41) is 5.46. The van der Waals surface area contributed by atoms with Gasteiger partial charge in [-0.05, 0) is 43.3 Å². The predicted molar refractivity (Wildman–Crippen MR) is 83.3 cm³/mol. The highest BCUT2D eigenvalue weighted by atomic mass is 16.2. The van der Waals surface area contributed by atoms with Gasteiger partial charge in [-0.15, -0.1) is 0 Å². The molecule has 0 saturated heterocycles. The van der Waals surface area contributed by atoms with Crippen LogP contribution in [0.5, 0.6) is 0 Å². The van der Waals surface area contributed by atoms with Crippen molar-refractivity contribution in [2.45, 2.75) is 6.92 Å². The zero-order chi connectivity index (χ0) is 15.2. The second-order valence-corrected chi connectivity index (χ2v) is 4.48. The van der Waals surface area contributed by atoms with E-state index in [4.69, 9.17) is 5.73 Å². The minimum absolute atomic E-state index is 0.136. The minimum Gasteiger partial charge on any atom is -0.398 e. The quantitative estimate of drug-likeness (QED) is 0.753. The van der Waals surface area contributed by atoms with Crippen molar-refractivity contribution in [3.63, 3.8) is 0 Å². The first kappa shape index (κ1) is 14.6. The average Bonchev–Trinajstić information content (AvgIpc) is 2.48. The molecule has 5 heteroatoms. The fourth-order valence-corrected chi connectivity index (χ4v) is 1.87. The first-order chi connectivity index (χ1) is 10.1. The zero-order valence-electron chi connectivity index (χ0n) is 11.7. The molecule has 0 spiro atoms. The molecule has 0 radical (unpaired) electrons. The van der Waals surface area contributed by atoms with E-state index in [1.54, 1.807) is 48.5 Å². The Bertz CT molecular complexity index is 651. The van der Waals surface area contributed by atoms with Crippen molar-refractivity contribution in [1.29, 1.82) is 0 Å². The van der Waals surface area contributed by atoms with Gasteiger partial charge in [-0.25, -0.2) is 0 Å². The number of para-hydroxylation sites is 1. The van der Waals surface area contributed by atoms with Crippen LogP contribution in [-0.4, -0.2) is 18.4 Å². The number of benzene rings is 2. The molecule has 2 amide bonds. The number of anilines is 2. The molecule has 0 bridgehead atoms. The maximum absolute atomic E-state index is 12.1. The molecule has 0 aliphatic heterocycles. The fourth-order valence-electron chi connectivity index (χ4n) is 1.87. The third-order valence-corrected chi connectivity index (χ3v) is 2.95.